The van der Waals surface area contributed by atoms with Crippen LogP contribution in [0.25, 0.3) is 0 Å². The first kappa shape index (κ1) is 18.6. The number of nitrogens with one attached hydrogen (secondary N) is 1. The molecule has 2 unspecified atom stereocenters. The maximum Gasteiger partial charge on any atom is 0.262 e. The zero-order valence-corrected chi connectivity index (χ0v) is 16.0. The number of hydrogen-bond donors (Lipinski definition) is 2. The van der Waals surface area contributed by atoms with E-state index in [2.05, 4.69) is 24.1 Å². The van der Waals surface area contributed by atoms with E-state index < -0.39 is 23.8 Å². The van der Waals surface area contributed by atoms with Crippen molar-refractivity contribution < 1.29 is 19.2 Å². The molecule has 4 amide bonds. The molecule has 3 heterocycles. The number of imide groups is 2. The highest BCUT2D eigenvalue weighted by Crippen LogP contribution is 2.38. The molecule has 3 N–H and O–H groups in total. The molecule has 148 valence electrons. The van der Waals surface area contributed by atoms with Gasteiger partial charge in [0.05, 0.1) is 11.1 Å². The van der Waals surface area contributed by atoms with Gasteiger partial charge < -0.3 is 10.6 Å². The molecular weight excluding hydrogens is 360 g/mol. The van der Waals surface area contributed by atoms with Crippen molar-refractivity contribution in [2.45, 2.75) is 32.7 Å². The minimum Gasteiger partial charge on any atom is -0.371 e. The predicted molar refractivity (Wildman–Crippen MR) is 102 cm³/mol. The van der Waals surface area contributed by atoms with E-state index in [4.69, 9.17) is 5.73 Å². The lowest BCUT2D eigenvalue weighted by atomic mass is 9.82. The Morgan fingerprint density at radius 3 is 2.50 bits per heavy atom. The lowest BCUT2D eigenvalue weighted by Crippen LogP contribution is -2.54. The Morgan fingerprint density at radius 1 is 1.14 bits per heavy atom. The maximum absolute atomic E-state index is 13.0. The van der Waals surface area contributed by atoms with Crippen LogP contribution in [0.5, 0.6) is 0 Å². The first-order chi connectivity index (χ1) is 13.2. The largest absolute Gasteiger partial charge is 0.371 e. The topological polar surface area (TPSA) is 113 Å². The molecular formula is C20H24N4O4. The summed E-state index contributed by atoms with van der Waals surface area (Å²) in [5.41, 5.74) is 7.45. The molecule has 0 aliphatic carbocycles. The zero-order valence-electron chi connectivity index (χ0n) is 16.0. The summed E-state index contributed by atoms with van der Waals surface area (Å²) in [6.45, 7) is 6.55. The van der Waals surface area contributed by atoms with Gasteiger partial charge in [0.1, 0.15) is 6.04 Å². The second kappa shape index (κ2) is 6.41. The molecule has 4 rings (SSSR count). The van der Waals surface area contributed by atoms with Crippen LogP contribution in [-0.4, -0.2) is 54.2 Å². The van der Waals surface area contributed by atoms with Crippen LogP contribution in [0.2, 0.25) is 0 Å². The van der Waals surface area contributed by atoms with E-state index in [-0.39, 0.29) is 24.2 Å². The number of benzene rings is 1. The van der Waals surface area contributed by atoms with Crippen LogP contribution in [0, 0.1) is 11.3 Å². The van der Waals surface area contributed by atoms with Gasteiger partial charge in [0.2, 0.25) is 11.8 Å². The van der Waals surface area contributed by atoms with Gasteiger partial charge in [0, 0.05) is 25.2 Å². The average molecular weight is 384 g/mol. The van der Waals surface area contributed by atoms with Crippen molar-refractivity contribution in [3.63, 3.8) is 0 Å². The van der Waals surface area contributed by atoms with E-state index in [9.17, 15) is 19.2 Å². The first-order valence-corrected chi connectivity index (χ1v) is 9.53. The van der Waals surface area contributed by atoms with E-state index in [0.29, 0.717) is 23.6 Å². The van der Waals surface area contributed by atoms with Gasteiger partial charge in [-0.05, 0) is 42.5 Å². The fourth-order valence-electron chi connectivity index (χ4n) is 4.44. The third-order valence-electron chi connectivity index (χ3n) is 6.22. The van der Waals surface area contributed by atoms with Crippen molar-refractivity contribution in [3.05, 3.63) is 29.3 Å². The monoisotopic (exact) mass is 384 g/mol. The van der Waals surface area contributed by atoms with Crippen molar-refractivity contribution in [2.24, 2.45) is 17.1 Å². The minimum absolute atomic E-state index is 0.0619. The Morgan fingerprint density at radius 2 is 1.86 bits per heavy atom. The van der Waals surface area contributed by atoms with Crippen LogP contribution >= 0.6 is 0 Å². The van der Waals surface area contributed by atoms with Gasteiger partial charge >= 0.3 is 0 Å². The molecule has 0 radical (unpaired) electrons. The second-order valence-corrected chi connectivity index (χ2v) is 8.48. The standard InChI is InChI=1S/C20H24N4O4/c1-20(2)10-23(9-11(20)8-21)12-3-4-13-14(7-12)19(28)24(18(13)27)15-5-6-16(25)22-17(15)26/h3-4,7,11,15H,5-6,8-10,21H2,1-2H3,(H,22,25,26). The fourth-order valence-corrected chi connectivity index (χ4v) is 4.44. The van der Waals surface area contributed by atoms with Crippen LogP contribution < -0.4 is 16.0 Å². The number of rotatable bonds is 3. The molecule has 0 saturated carbocycles. The summed E-state index contributed by atoms with van der Waals surface area (Å²) in [4.78, 5) is 52.4. The minimum atomic E-state index is -0.944. The summed E-state index contributed by atoms with van der Waals surface area (Å²) in [5.74, 6) is -1.60. The van der Waals surface area contributed by atoms with E-state index in [1.165, 1.54) is 0 Å². The summed E-state index contributed by atoms with van der Waals surface area (Å²) in [5, 5.41) is 2.21. The number of nitrogens with two attached hydrogens (primary N) is 1. The average Bonchev–Trinajstić information content (AvgIpc) is 3.09. The van der Waals surface area contributed by atoms with Crippen LogP contribution in [0.15, 0.2) is 18.2 Å². The molecule has 3 aliphatic rings. The molecule has 3 aliphatic heterocycles. The molecule has 28 heavy (non-hydrogen) atoms. The second-order valence-electron chi connectivity index (χ2n) is 8.48. The molecule has 8 heteroatoms. The Kier molecular flexibility index (Phi) is 4.26. The highest BCUT2D eigenvalue weighted by molar-refractivity contribution is 6.23. The number of carbonyl (C=O) groups excluding carboxylic acids is 4. The Bertz CT molecular complexity index is 894. The van der Waals surface area contributed by atoms with E-state index in [0.717, 1.165) is 23.7 Å². The van der Waals surface area contributed by atoms with Gasteiger partial charge in [-0.1, -0.05) is 13.8 Å². The van der Waals surface area contributed by atoms with Gasteiger partial charge in [-0.2, -0.15) is 0 Å². The van der Waals surface area contributed by atoms with Crippen molar-refractivity contribution in [1.29, 1.82) is 0 Å². The number of nitrogens with zero attached hydrogens (tertiary/aromatic N) is 2. The Balaban J connectivity index is 1.62. The Labute approximate surface area is 163 Å². The van der Waals surface area contributed by atoms with Crippen molar-refractivity contribution in [2.75, 3.05) is 24.5 Å². The third-order valence-corrected chi connectivity index (χ3v) is 6.22. The molecule has 1 aromatic carbocycles. The van der Waals surface area contributed by atoms with Crippen molar-refractivity contribution >= 4 is 29.3 Å². The van der Waals surface area contributed by atoms with E-state index in [1.54, 1.807) is 12.1 Å². The van der Waals surface area contributed by atoms with Gasteiger partial charge in [0.15, 0.2) is 0 Å². The van der Waals surface area contributed by atoms with Crippen LogP contribution in [0.1, 0.15) is 47.4 Å². The third kappa shape index (κ3) is 2.79. The summed E-state index contributed by atoms with van der Waals surface area (Å²) in [7, 11) is 0. The van der Waals surface area contributed by atoms with E-state index in [1.807, 2.05) is 6.07 Å². The quantitative estimate of drug-likeness (QED) is 0.734. The van der Waals surface area contributed by atoms with Gasteiger partial charge in [-0.15, -0.1) is 0 Å². The van der Waals surface area contributed by atoms with Gasteiger partial charge in [0.25, 0.3) is 11.8 Å². The summed E-state index contributed by atoms with van der Waals surface area (Å²) in [6.07, 6.45) is 0.264. The summed E-state index contributed by atoms with van der Waals surface area (Å²) in [6, 6.07) is 4.28. The predicted octanol–water partition coefficient (Wildman–Crippen LogP) is 0.509. The molecule has 2 atom stereocenters. The number of fused-ring (bicyclic) bond motifs is 1. The number of piperidine rings is 1. The lowest BCUT2D eigenvalue weighted by Gasteiger charge is -2.27. The van der Waals surface area contributed by atoms with E-state index >= 15 is 0 Å². The zero-order chi connectivity index (χ0) is 20.2. The van der Waals surface area contributed by atoms with Gasteiger partial charge in [-0.3, -0.25) is 29.4 Å². The number of carbonyl (C=O) groups is 4. The molecule has 8 nitrogen and oxygen atoms in total. The van der Waals surface area contributed by atoms with Crippen LogP contribution in [0.4, 0.5) is 5.69 Å². The molecule has 0 spiro atoms. The number of anilines is 1. The molecule has 2 fully saturated rings. The Hall–Kier alpha value is -2.74. The fraction of sp³-hybridized carbons (Fsp3) is 0.500. The van der Waals surface area contributed by atoms with Gasteiger partial charge in [-0.25, -0.2) is 0 Å². The SMILES string of the molecule is CC1(C)CN(c2ccc3c(c2)C(=O)N(C2CCC(=O)NC2=O)C3=O)CC1CN. The summed E-state index contributed by atoms with van der Waals surface area (Å²) >= 11 is 0. The normalized spacial score (nSPS) is 26.7. The van der Waals surface area contributed by atoms with Crippen LogP contribution in [0.3, 0.4) is 0 Å². The molecule has 2 saturated heterocycles. The molecule has 0 bridgehead atoms. The highest BCUT2D eigenvalue weighted by Gasteiger charge is 2.45. The number of hydrogen-bond acceptors (Lipinski definition) is 6. The smallest absolute Gasteiger partial charge is 0.262 e. The van der Waals surface area contributed by atoms with Crippen LogP contribution in [-0.2, 0) is 9.59 Å². The molecule has 1 aromatic rings. The van der Waals surface area contributed by atoms with Crippen molar-refractivity contribution in [3.8, 4) is 0 Å². The van der Waals surface area contributed by atoms with Crippen molar-refractivity contribution in [1.82, 2.24) is 10.2 Å². The first-order valence-electron chi connectivity index (χ1n) is 9.53. The summed E-state index contributed by atoms with van der Waals surface area (Å²) < 4.78 is 0. The maximum atomic E-state index is 13.0. The lowest BCUT2D eigenvalue weighted by molar-refractivity contribution is -0.136. The molecule has 0 aromatic heterocycles. The highest BCUT2D eigenvalue weighted by atomic mass is 16.2. The number of amides is 4.